The summed E-state index contributed by atoms with van der Waals surface area (Å²) in [6.45, 7) is 0. The van der Waals surface area contributed by atoms with E-state index >= 15 is 0 Å². The van der Waals surface area contributed by atoms with E-state index in [1.807, 2.05) is 60.7 Å². The van der Waals surface area contributed by atoms with Crippen molar-refractivity contribution in [1.29, 1.82) is 0 Å². The number of hydrogen-bond acceptors (Lipinski definition) is 6. The number of nitrogens with two attached hydrogens (primary N) is 2. The van der Waals surface area contributed by atoms with Gasteiger partial charge in [-0.25, -0.2) is 0 Å². The van der Waals surface area contributed by atoms with Crippen LogP contribution < -0.4 is 16.8 Å². The summed E-state index contributed by atoms with van der Waals surface area (Å²) in [4.78, 5) is 25.5. The van der Waals surface area contributed by atoms with Crippen molar-refractivity contribution in [2.45, 2.75) is 50.0 Å². The number of aromatic hydroxyl groups is 1. The Morgan fingerprint density at radius 1 is 0.769 bits per heavy atom. The highest BCUT2D eigenvalue weighted by Crippen LogP contribution is 2.17. The first kappa shape index (κ1) is 29.6. The van der Waals surface area contributed by atoms with Crippen LogP contribution in [0.5, 0.6) is 5.75 Å². The van der Waals surface area contributed by atoms with E-state index < -0.39 is 36.0 Å². The zero-order valence-corrected chi connectivity index (χ0v) is 21.8. The molecule has 0 unspecified atom stereocenters. The predicted molar refractivity (Wildman–Crippen MR) is 150 cm³/mol. The molecule has 3 rings (SSSR count). The third-order valence-corrected chi connectivity index (χ3v) is 6.50. The third kappa shape index (κ3) is 10.0. The van der Waals surface area contributed by atoms with Gasteiger partial charge >= 0.3 is 0 Å². The second-order valence-electron chi connectivity index (χ2n) is 9.76. The molecule has 0 saturated carbocycles. The van der Waals surface area contributed by atoms with Gasteiger partial charge in [0, 0.05) is 12.5 Å². The molecular formula is C31H37N3O5. The molecule has 0 radical (unpaired) electrons. The number of carbonyl (C=O) groups excluding carboxylic acids is 2. The Labute approximate surface area is 229 Å². The lowest BCUT2D eigenvalue weighted by Crippen LogP contribution is -2.50. The molecule has 2 amide bonds. The minimum atomic E-state index is -1.24. The fraction of sp³-hybridized carbons (Fsp3) is 0.290. The van der Waals surface area contributed by atoms with Gasteiger partial charge in [0.2, 0.25) is 11.8 Å². The van der Waals surface area contributed by atoms with Crippen LogP contribution in [-0.4, -0.2) is 51.4 Å². The molecule has 0 aliphatic rings. The lowest BCUT2D eigenvalue weighted by atomic mass is 9.91. The van der Waals surface area contributed by atoms with Crippen LogP contribution in [0.15, 0.2) is 97.1 Å². The van der Waals surface area contributed by atoms with Gasteiger partial charge in [0.25, 0.3) is 0 Å². The highest BCUT2D eigenvalue weighted by Gasteiger charge is 2.29. The first-order chi connectivity index (χ1) is 18.7. The van der Waals surface area contributed by atoms with Crippen LogP contribution in [0.2, 0.25) is 0 Å². The number of phenols is 1. The van der Waals surface area contributed by atoms with Crippen molar-refractivity contribution in [3.05, 3.63) is 114 Å². The molecule has 0 aliphatic heterocycles. The van der Waals surface area contributed by atoms with E-state index in [0.29, 0.717) is 6.42 Å². The number of rotatable bonds is 14. The number of amides is 2. The maximum Gasteiger partial charge on any atom is 0.240 e. The smallest absolute Gasteiger partial charge is 0.240 e. The molecule has 0 aliphatic carbocycles. The van der Waals surface area contributed by atoms with E-state index in [9.17, 15) is 24.9 Å². The zero-order chi connectivity index (χ0) is 28.2. The normalized spacial score (nSPS) is 15.3. The molecule has 8 nitrogen and oxygen atoms in total. The third-order valence-electron chi connectivity index (χ3n) is 6.50. The molecule has 3 aromatic carbocycles. The highest BCUT2D eigenvalue weighted by molar-refractivity contribution is 5.88. The Morgan fingerprint density at radius 2 is 1.31 bits per heavy atom. The van der Waals surface area contributed by atoms with Gasteiger partial charge in [-0.2, -0.15) is 0 Å². The minimum absolute atomic E-state index is 0.167. The van der Waals surface area contributed by atoms with Gasteiger partial charge in [0.15, 0.2) is 0 Å². The monoisotopic (exact) mass is 531 g/mol. The van der Waals surface area contributed by atoms with Gasteiger partial charge in [-0.05, 0) is 48.1 Å². The Hall–Kier alpha value is -3.98. The molecule has 3 aromatic rings. The van der Waals surface area contributed by atoms with Gasteiger partial charge in [-0.1, -0.05) is 84.9 Å². The van der Waals surface area contributed by atoms with Crippen molar-refractivity contribution in [2.75, 3.05) is 0 Å². The molecule has 0 aromatic heterocycles. The fourth-order valence-corrected chi connectivity index (χ4v) is 4.37. The number of nitrogens with one attached hydrogen (secondary N) is 1. The molecule has 0 spiro atoms. The quantitative estimate of drug-likeness (QED) is 0.175. The lowest BCUT2D eigenvalue weighted by Gasteiger charge is -2.24. The van der Waals surface area contributed by atoms with Gasteiger partial charge in [-0.3, -0.25) is 9.59 Å². The number of aliphatic hydroxyl groups excluding tert-OH is 2. The fourth-order valence-electron chi connectivity index (χ4n) is 4.37. The average Bonchev–Trinajstić information content (AvgIpc) is 2.92. The van der Waals surface area contributed by atoms with Crippen molar-refractivity contribution >= 4 is 11.8 Å². The van der Waals surface area contributed by atoms with Crippen molar-refractivity contribution in [2.24, 2.45) is 17.4 Å². The van der Waals surface area contributed by atoms with Crippen LogP contribution in [0.1, 0.15) is 23.1 Å². The first-order valence-corrected chi connectivity index (χ1v) is 13.0. The van der Waals surface area contributed by atoms with E-state index in [0.717, 1.165) is 16.7 Å². The van der Waals surface area contributed by atoms with Crippen LogP contribution in [0, 0.1) is 5.92 Å². The van der Waals surface area contributed by atoms with Crippen molar-refractivity contribution in [1.82, 2.24) is 5.32 Å². The lowest BCUT2D eigenvalue weighted by molar-refractivity contribution is -0.131. The Kier molecular flexibility index (Phi) is 11.2. The zero-order valence-electron chi connectivity index (χ0n) is 21.8. The average molecular weight is 532 g/mol. The van der Waals surface area contributed by atoms with Gasteiger partial charge in [-0.15, -0.1) is 0 Å². The molecule has 5 atom stereocenters. The minimum Gasteiger partial charge on any atom is -0.508 e. The number of hydrogen-bond donors (Lipinski definition) is 6. The van der Waals surface area contributed by atoms with Crippen LogP contribution in [0.25, 0.3) is 0 Å². The maximum absolute atomic E-state index is 13.3. The summed E-state index contributed by atoms with van der Waals surface area (Å²) >= 11 is 0. The molecule has 0 heterocycles. The first-order valence-electron chi connectivity index (χ1n) is 13.0. The van der Waals surface area contributed by atoms with Crippen molar-refractivity contribution in [3.63, 3.8) is 0 Å². The summed E-state index contributed by atoms with van der Waals surface area (Å²) in [6.07, 6.45) is 1.82. The maximum atomic E-state index is 13.3. The second-order valence-corrected chi connectivity index (χ2v) is 9.76. The summed E-state index contributed by atoms with van der Waals surface area (Å²) in [6, 6.07) is 23.8. The van der Waals surface area contributed by atoms with E-state index in [1.54, 1.807) is 24.3 Å². The van der Waals surface area contributed by atoms with Crippen molar-refractivity contribution < 1.29 is 24.9 Å². The number of aliphatic hydroxyl groups is 2. The number of primary amides is 1. The topological polar surface area (TPSA) is 159 Å². The standard InChI is InChI=1S/C31H37N3O5/c32-24(17-23-11-13-25(35)14-12-23)20-26(36)15-16-29(37)27(18-21-7-3-1-4-8-21)31(39)34-28(30(33)38)19-22-9-5-2-6-10-22/h1-16,24,26-29,35-37H,17-20,32H2,(H2,33,38)(H,34,39)/b16-15+/t24-,26+,27+,28+,29+/m1/s1. The van der Waals surface area contributed by atoms with E-state index in [1.165, 1.54) is 12.2 Å². The molecule has 0 fully saturated rings. The number of phenolic OH excluding ortho intramolecular Hbond substituents is 1. The Morgan fingerprint density at radius 3 is 1.87 bits per heavy atom. The molecule has 39 heavy (non-hydrogen) atoms. The van der Waals surface area contributed by atoms with Crippen LogP contribution in [0.3, 0.4) is 0 Å². The van der Waals surface area contributed by atoms with Gasteiger partial charge < -0.3 is 32.1 Å². The van der Waals surface area contributed by atoms with Crippen LogP contribution >= 0.6 is 0 Å². The number of carbonyl (C=O) groups is 2. The van der Waals surface area contributed by atoms with E-state index in [2.05, 4.69) is 5.32 Å². The Balaban J connectivity index is 1.67. The molecule has 8 heteroatoms. The largest absolute Gasteiger partial charge is 0.508 e. The Bertz CT molecular complexity index is 1200. The van der Waals surface area contributed by atoms with Crippen LogP contribution in [0.4, 0.5) is 0 Å². The van der Waals surface area contributed by atoms with E-state index in [4.69, 9.17) is 11.5 Å². The van der Waals surface area contributed by atoms with Crippen LogP contribution in [-0.2, 0) is 28.9 Å². The van der Waals surface area contributed by atoms with Gasteiger partial charge in [0.1, 0.15) is 11.8 Å². The number of benzene rings is 3. The highest BCUT2D eigenvalue weighted by atomic mass is 16.3. The summed E-state index contributed by atoms with van der Waals surface area (Å²) in [5.74, 6) is -1.96. The summed E-state index contributed by atoms with van der Waals surface area (Å²) in [5.41, 5.74) is 14.4. The molecular weight excluding hydrogens is 494 g/mol. The van der Waals surface area contributed by atoms with Gasteiger partial charge in [0.05, 0.1) is 18.1 Å². The molecule has 8 N–H and O–H groups in total. The second kappa shape index (κ2) is 14.8. The van der Waals surface area contributed by atoms with Crippen molar-refractivity contribution in [3.8, 4) is 5.75 Å². The molecule has 0 saturated heterocycles. The summed E-state index contributed by atoms with van der Waals surface area (Å²) in [5, 5.41) is 33.6. The summed E-state index contributed by atoms with van der Waals surface area (Å²) < 4.78 is 0. The predicted octanol–water partition coefficient (Wildman–Crippen LogP) is 2.00. The van der Waals surface area contributed by atoms with E-state index in [-0.39, 0.29) is 31.1 Å². The summed E-state index contributed by atoms with van der Waals surface area (Å²) in [7, 11) is 0. The molecule has 206 valence electrons. The molecule has 0 bridgehead atoms. The SMILES string of the molecule is NC(=O)[C@H](Cc1ccccc1)NC(=O)[C@@H](Cc1ccccc1)[C@@H](O)/C=C/[C@H](O)C[C@H](N)Cc1ccc(O)cc1.